The van der Waals surface area contributed by atoms with E-state index in [9.17, 15) is 4.79 Å². The number of hydrogen-bond acceptors (Lipinski definition) is 3. The van der Waals surface area contributed by atoms with Crippen LogP contribution < -0.4 is 5.32 Å². The number of rotatable bonds is 2. The van der Waals surface area contributed by atoms with Gasteiger partial charge in [0.25, 0.3) is 0 Å². The fourth-order valence-electron chi connectivity index (χ4n) is 2.43. The molecule has 3 heteroatoms. The van der Waals surface area contributed by atoms with Crippen LogP contribution in [0.5, 0.6) is 0 Å². The number of hydrogen-bond donors (Lipinski definition) is 1. The fraction of sp³-hybridized carbons (Fsp3) is 0.900. The average Bonchev–Trinajstić information content (AvgIpc) is 2.98. The first-order valence-corrected chi connectivity index (χ1v) is 5.11. The first-order chi connectivity index (χ1) is 6.33. The quantitative estimate of drug-likeness (QED) is 0.643. The van der Waals surface area contributed by atoms with E-state index < -0.39 is 0 Å². The largest absolute Gasteiger partial charge is 0.469 e. The Labute approximate surface area is 78.8 Å². The van der Waals surface area contributed by atoms with E-state index in [4.69, 9.17) is 4.74 Å². The predicted molar refractivity (Wildman–Crippen MR) is 49.2 cm³/mol. The molecule has 2 fully saturated rings. The van der Waals surface area contributed by atoms with Crippen molar-refractivity contribution in [1.82, 2.24) is 5.32 Å². The highest BCUT2D eigenvalue weighted by atomic mass is 16.5. The lowest BCUT2D eigenvalue weighted by atomic mass is 9.92. The molecule has 1 N–H and O–H groups in total. The molecule has 2 aliphatic rings. The minimum absolute atomic E-state index is 0.00327. The molecule has 13 heavy (non-hydrogen) atoms. The Kier molecular flexibility index (Phi) is 2.54. The van der Waals surface area contributed by atoms with Crippen LogP contribution in [0.1, 0.15) is 19.3 Å². The van der Waals surface area contributed by atoms with Crippen molar-refractivity contribution in [1.29, 1.82) is 0 Å². The van der Waals surface area contributed by atoms with Crippen molar-refractivity contribution in [2.45, 2.75) is 19.3 Å². The summed E-state index contributed by atoms with van der Waals surface area (Å²) in [4.78, 5) is 11.2. The summed E-state index contributed by atoms with van der Waals surface area (Å²) in [5.74, 6) is 1.64. The van der Waals surface area contributed by atoms with Gasteiger partial charge in [-0.25, -0.2) is 0 Å². The number of carbonyl (C=O) groups excluding carboxylic acids is 1. The molecule has 0 amide bonds. The lowest BCUT2D eigenvalue weighted by Gasteiger charge is -2.22. The summed E-state index contributed by atoms with van der Waals surface area (Å²) in [7, 11) is 1.49. The zero-order valence-corrected chi connectivity index (χ0v) is 8.08. The maximum Gasteiger partial charge on any atom is 0.308 e. The highest BCUT2D eigenvalue weighted by Gasteiger charge is 2.48. The van der Waals surface area contributed by atoms with Crippen molar-refractivity contribution in [2.24, 2.45) is 17.8 Å². The van der Waals surface area contributed by atoms with E-state index in [2.05, 4.69) is 5.32 Å². The van der Waals surface area contributed by atoms with Gasteiger partial charge in [0.2, 0.25) is 0 Å². The summed E-state index contributed by atoms with van der Waals surface area (Å²) in [6.45, 7) is 2.24. The van der Waals surface area contributed by atoms with E-state index in [0.717, 1.165) is 25.4 Å². The molecule has 0 aromatic carbocycles. The molecule has 3 nitrogen and oxygen atoms in total. The Morgan fingerprint density at radius 3 is 2.69 bits per heavy atom. The fourth-order valence-corrected chi connectivity index (χ4v) is 2.43. The minimum atomic E-state index is 0.00327. The van der Waals surface area contributed by atoms with Crippen LogP contribution in [-0.2, 0) is 9.53 Å². The van der Waals surface area contributed by atoms with Crippen molar-refractivity contribution in [3.8, 4) is 0 Å². The van der Waals surface area contributed by atoms with Gasteiger partial charge in [-0.3, -0.25) is 4.79 Å². The van der Waals surface area contributed by atoms with Gasteiger partial charge in [-0.1, -0.05) is 0 Å². The number of ether oxygens (including phenoxy) is 1. The number of methoxy groups -OCH3 is 1. The first kappa shape index (κ1) is 9.00. The SMILES string of the molecule is COC(=O)[C@H]1C[C@@H]1C1CCNCC1. The maximum atomic E-state index is 11.2. The third-order valence-electron chi connectivity index (χ3n) is 3.33. The summed E-state index contributed by atoms with van der Waals surface area (Å²) in [5, 5.41) is 3.34. The monoisotopic (exact) mass is 183 g/mol. The first-order valence-electron chi connectivity index (χ1n) is 5.11. The topological polar surface area (TPSA) is 38.3 Å². The summed E-state index contributed by atoms with van der Waals surface area (Å²) < 4.78 is 4.74. The molecule has 2 rings (SSSR count). The van der Waals surface area contributed by atoms with Gasteiger partial charge < -0.3 is 10.1 Å². The number of esters is 1. The second kappa shape index (κ2) is 3.66. The van der Waals surface area contributed by atoms with Crippen molar-refractivity contribution in [2.75, 3.05) is 20.2 Å². The number of piperidine rings is 1. The van der Waals surface area contributed by atoms with Crippen LogP contribution in [0.3, 0.4) is 0 Å². The highest BCUT2D eigenvalue weighted by molar-refractivity contribution is 5.75. The van der Waals surface area contributed by atoms with E-state index in [1.807, 2.05) is 0 Å². The Morgan fingerprint density at radius 1 is 1.38 bits per heavy atom. The van der Waals surface area contributed by atoms with Crippen molar-refractivity contribution in [3.05, 3.63) is 0 Å². The predicted octanol–water partition coefficient (Wildman–Crippen LogP) is 0.795. The Morgan fingerprint density at radius 2 is 2.08 bits per heavy atom. The van der Waals surface area contributed by atoms with Crippen LogP contribution in [0.2, 0.25) is 0 Å². The van der Waals surface area contributed by atoms with Crippen molar-refractivity contribution < 1.29 is 9.53 Å². The van der Waals surface area contributed by atoms with Gasteiger partial charge in [-0.2, -0.15) is 0 Å². The number of nitrogens with one attached hydrogen (secondary N) is 1. The second-order valence-corrected chi connectivity index (χ2v) is 4.12. The molecule has 74 valence electrons. The normalized spacial score (nSPS) is 34.2. The third kappa shape index (κ3) is 1.85. The molecule has 0 radical (unpaired) electrons. The summed E-state index contributed by atoms with van der Waals surface area (Å²) >= 11 is 0. The van der Waals surface area contributed by atoms with Crippen LogP contribution in [-0.4, -0.2) is 26.2 Å². The Hall–Kier alpha value is -0.570. The van der Waals surface area contributed by atoms with Crippen LogP contribution >= 0.6 is 0 Å². The lowest BCUT2D eigenvalue weighted by molar-refractivity contribution is -0.142. The summed E-state index contributed by atoms with van der Waals surface area (Å²) in [6, 6.07) is 0. The molecule has 0 aromatic heterocycles. The smallest absolute Gasteiger partial charge is 0.308 e. The van der Waals surface area contributed by atoms with Gasteiger partial charge in [-0.15, -0.1) is 0 Å². The van der Waals surface area contributed by atoms with Gasteiger partial charge >= 0.3 is 5.97 Å². The second-order valence-electron chi connectivity index (χ2n) is 4.12. The molecule has 0 aromatic rings. The zero-order chi connectivity index (χ0) is 9.26. The van der Waals surface area contributed by atoms with Crippen molar-refractivity contribution in [3.63, 3.8) is 0 Å². The van der Waals surface area contributed by atoms with Gasteiger partial charge in [0.05, 0.1) is 13.0 Å². The molecule has 1 heterocycles. The molecule has 1 saturated heterocycles. The molecular formula is C10H17NO2. The lowest BCUT2D eigenvalue weighted by Crippen LogP contribution is -2.29. The summed E-state index contributed by atoms with van der Waals surface area (Å²) in [5.41, 5.74) is 0. The highest BCUT2D eigenvalue weighted by Crippen LogP contribution is 2.47. The molecule has 1 saturated carbocycles. The molecule has 1 aliphatic carbocycles. The van der Waals surface area contributed by atoms with E-state index in [1.54, 1.807) is 0 Å². The van der Waals surface area contributed by atoms with E-state index in [1.165, 1.54) is 20.0 Å². The molecule has 0 unspecified atom stereocenters. The molecule has 2 atom stereocenters. The molecule has 0 bridgehead atoms. The Bertz CT molecular complexity index is 199. The zero-order valence-electron chi connectivity index (χ0n) is 8.08. The standard InChI is InChI=1S/C10H17NO2/c1-13-10(12)9-6-8(9)7-2-4-11-5-3-7/h7-9,11H,2-6H2,1H3/t8-,9+/m1/s1. The van der Waals surface area contributed by atoms with E-state index in [-0.39, 0.29) is 11.9 Å². The van der Waals surface area contributed by atoms with Crippen LogP contribution in [0.4, 0.5) is 0 Å². The number of carbonyl (C=O) groups is 1. The third-order valence-corrected chi connectivity index (χ3v) is 3.33. The van der Waals surface area contributed by atoms with Gasteiger partial charge in [0.15, 0.2) is 0 Å². The van der Waals surface area contributed by atoms with Crippen LogP contribution in [0.25, 0.3) is 0 Å². The van der Waals surface area contributed by atoms with Crippen LogP contribution in [0.15, 0.2) is 0 Å². The molecule has 1 aliphatic heterocycles. The van der Waals surface area contributed by atoms with Gasteiger partial charge in [0, 0.05) is 0 Å². The van der Waals surface area contributed by atoms with E-state index >= 15 is 0 Å². The maximum absolute atomic E-state index is 11.2. The molecular weight excluding hydrogens is 166 g/mol. The van der Waals surface area contributed by atoms with E-state index in [0.29, 0.717) is 5.92 Å². The summed E-state index contributed by atoms with van der Waals surface area (Å²) in [6.07, 6.45) is 3.54. The molecule has 0 spiro atoms. The minimum Gasteiger partial charge on any atom is -0.469 e. The average molecular weight is 183 g/mol. The van der Waals surface area contributed by atoms with Crippen molar-refractivity contribution >= 4 is 5.97 Å². The van der Waals surface area contributed by atoms with Gasteiger partial charge in [-0.05, 0) is 44.2 Å². The van der Waals surface area contributed by atoms with Crippen LogP contribution in [0, 0.1) is 17.8 Å². The van der Waals surface area contributed by atoms with Gasteiger partial charge in [0.1, 0.15) is 0 Å². The Balaban J connectivity index is 1.81.